The molecule has 2 N–H and O–H groups in total. The summed E-state index contributed by atoms with van der Waals surface area (Å²) < 4.78 is 5.17. The minimum Gasteiger partial charge on any atom is -0.508 e. The Morgan fingerprint density at radius 1 is 1.38 bits per heavy atom. The fourth-order valence-electron chi connectivity index (χ4n) is 3.15. The van der Waals surface area contributed by atoms with E-state index in [4.69, 9.17) is 9.52 Å². The van der Waals surface area contributed by atoms with Crippen LogP contribution in [0.5, 0.6) is 5.75 Å². The van der Waals surface area contributed by atoms with Crippen LogP contribution in [-0.4, -0.2) is 27.3 Å². The van der Waals surface area contributed by atoms with E-state index in [0.717, 1.165) is 16.7 Å². The molecule has 26 heavy (non-hydrogen) atoms. The molecule has 1 aliphatic heterocycles. The van der Waals surface area contributed by atoms with E-state index in [9.17, 15) is 14.7 Å². The number of phenolic OH excluding ortho intramolecular Hbond substituents is 1. The molecule has 1 saturated heterocycles. The van der Waals surface area contributed by atoms with Gasteiger partial charge in [-0.05, 0) is 42.2 Å². The summed E-state index contributed by atoms with van der Waals surface area (Å²) in [6.07, 6.45) is 2.87. The average molecular weight is 375 g/mol. The van der Waals surface area contributed by atoms with Crippen LogP contribution in [0.15, 0.2) is 35.1 Å². The van der Waals surface area contributed by atoms with Crippen LogP contribution in [0.1, 0.15) is 48.3 Å². The summed E-state index contributed by atoms with van der Waals surface area (Å²) in [5, 5.41) is 18.3. The lowest BCUT2D eigenvalue weighted by molar-refractivity contribution is -0.138. The van der Waals surface area contributed by atoms with Crippen molar-refractivity contribution in [3.05, 3.63) is 47.4 Å². The lowest BCUT2D eigenvalue weighted by Gasteiger charge is -2.26. The Labute approximate surface area is 155 Å². The molecule has 2 atom stereocenters. The third kappa shape index (κ3) is 3.31. The molecule has 3 rings (SSSR count). The van der Waals surface area contributed by atoms with Crippen molar-refractivity contribution in [2.75, 3.05) is 4.90 Å². The summed E-state index contributed by atoms with van der Waals surface area (Å²) in [7, 11) is 0. The minimum absolute atomic E-state index is 0.0851. The van der Waals surface area contributed by atoms with E-state index in [-0.39, 0.29) is 29.4 Å². The van der Waals surface area contributed by atoms with Crippen molar-refractivity contribution in [1.82, 2.24) is 0 Å². The normalized spacial score (nSPS) is 20.2. The van der Waals surface area contributed by atoms with Crippen LogP contribution in [0, 0.1) is 6.92 Å². The first-order valence-electron chi connectivity index (χ1n) is 8.35. The van der Waals surface area contributed by atoms with Gasteiger partial charge in [0.05, 0.1) is 24.2 Å². The van der Waals surface area contributed by atoms with E-state index in [2.05, 4.69) is 0 Å². The van der Waals surface area contributed by atoms with Crippen LogP contribution in [0.3, 0.4) is 0 Å². The lowest BCUT2D eigenvalue weighted by atomic mass is 9.98. The molecule has 0 bridgehead atoms. The van der Waals surface area contributed by atoms with E-state index in [0.29, 0.717) is 5.69 Å². The predicted octanol–water partition coefficient (Wildman–Crippen LogP) is 4.04. The summed E-state index contributed by atoms with van der Waals surface area (Å²) in [5.41, 5.74) is 2.99. The number of furan rings is 1. The molecule has 2 aromatic rings. The Balaban J connectivity index is 2.09. The molecule has 7 heteroatoms. The van der Waals surface area contributed by atoms with Gasteiger partial charge in [-0.2, -0.15) is 0 Å². The first kappa shape index (κ1) is 18.4. The number of anilines is 1. The molecule has 1 aromatic heterocycles. The maximum atomic E-state index is 13.0. The molecule has 0 aliphatic carbocycles. The smallest absolute Gasteiger partial charge is 0.305 e. The summed E-state index contributed by atoms with van der Waals surface area (Å²) >= 11 is 1.31. The first-order chi connectivity index (χ1) is 12.3. The number of carbonyl (C=O) groups is 2. The highest BCUT2D eigenvalue weighted by Crippen LogP contribution is 2.48. The first-order valence-corrected chi connectivity index (χ1v) is 9.29. The van der Waals surface area contributed by atoms with Gasteiger partial charge in [0.25, 0.3) is 0 Å². The lowest BCUT2D eigenvalue weighted by Crippen LogP contribution is -2.32. The van der Waals surface area contributed by atoms with Gasteiger partial charge in [0.15, 0.2) is 0 Å². The second-order valence-electron chi connectivity index (χ2n) is 6.69. The molecule has 0 radical (unpaired) electrons. The average Bonchev–Trinajstić information content (AvgIpc) is 3.16. The molecule has 2 unspecified atom stereocenters. The van der Waals surface area contributed by atoms with Crippen molar-refractivity contribution in [3.63, 3.8) is 0 Å². The number of carboxylic acid groups (broad SMARTS) is 1. The molecular formula is C19H21NO5S. The van der Waals surface area contributed by atoms with Crippen molar-refractivity contribution in [1.29, 1.82) is 0 Å². The van der Waals surface area contributed by atoms with Gasteiger partial charge in [-0.15, -0.1) is 11.8 Å². The summed E-state index contributed by atoms with van der Waals surface area (Å²) in [6.45, 7) is 5.76. The second kappa shape index (κ2) is 7.07. The zero-order chi connectivity index (χ0) is 19.0. The monoisotopic (exact) mass is 375 g/mol. The molecule has 1 fully saturated rings. The van der Waals surface area contributed by atoms with Gasteiger partial charge in [-0.3, -0.25) is 14.5 Å². The molecule has 0 spiro atoms. The third-order valence-electron chi connectivity index (χ3n) is 4.46. The summed E-state index contributed by atoms with van der Waals surface area (Å²) in [4.78, 5) is 25.8. The number of benzene rings is 1. The Morgan fingerprint density at radius 2 is 2.12 bits per heavy atom. The van der Waals surface area contributed by atoms with Crippen LogP contribution < -0.4 is 4.90 Å². The van der Waals surface area contributed by atoms with Crippen molar-refractivity contribution < 1.29 is 24.2 Å². The number of thioether (sulfide) groups is 1. The van der Waals surface area contributed by atoms with Gasteiger partial charge >= 0.3 is 5.97 Å². The number of aliphatic carboxylic acids is 1. The van der Waals surface area contributed by atoms with E-state index in [1.165, 1.54) is 18.0 Å². The van der Waals surface area contributed by atoms with Gasteiger partial charge in [-0.25, -0.2) is 0 Å². The number of hydrogen-bond acceptors (Lipinski definition) is 5. The SMILES string of the molecule is Cc1cc(O)c(C(C)C)cc1N1C(=O)C(CC(=O)O)SC1c1ccoc1. The van der Waals surface area contributed by atoms with Gasteiger partial charge in [0, 0.05) is 11.3 Å². The Morgan fingerprint density at radius 3 is 2.69 bits per heavy atom. The predicted molar refractivity (Wildman–Crippen MR) is 99.5 cm³/mol. The molecule has 2 heterocycles. The van der Waals surface area contributed by atoms with Gasteiger partial charge in [0.1, 0.15) is 11.1 Å². The molecule has 6 nitrogen and oxygen atoms in total. The van der Waals surface area contributed by atoms with Crippen molar-refractivity contribution in [2.45, 2.75) is 43.7 Å². The van der Waals surface area contributed by atoms with Crippen LogP contribution in [0.2, 0.25) is 0 Å². The largest absolute Gasteiger partial charge is 0.508 e. The topological polar surface area (TPSA) is 91.0 Å². The van der Waals surface area contributed by atoms with E-state index >= 15 is 0 Å². The quantitative estimate of drug-likeness (QED) is 0.820. The van der Waals surface area contributed by atoms with Crippen molar-refractivity contribution in [2.24, 2.45) is 0 Å². The second-order valence-corrected chi connectivity index (χ2v) is 7.98. The molecule has 1 amide bonds. The van der Waals surface area contributed by atoms with Crippen molar-refractivity contribution >= 4 is 29.3 Å². The molecule has 1 aromatic carbocycles. The highest BCUT2D eigenvalue weighted by Gasteiger charge is 2.43. The Hall–Kier alpha value is -2.41. The number of carbonyl (C=O) groups excluding carboxylic acids is 1. The van der Waals surface area contributed by atoms with Crippen LogP contribution in [-0.2, 0) is 9.59 Å². The standard InChI is InChI=1S/C19H21NO5S/c1-10(2)13-7-14(11(3)6-15(13)21)20-18(24)16(8-17(22)23)26-19(20)12-4-5-25-9-12/h4-7,9-10,16,19,21H,8H2,1-3H3,(H,22,23). The molecule has 1 aliphatic rings. The van der Waals surface area contributed by atoms with Gasteiger partial charge in [-0.1, -0.05) is 13.8 Å². The maximum Gasteiger partial charge on any atom is 0.305 e. The number of aryl methyl sites for hydroxylation is 1. The fourth-order valence-corrected chi connectivity index (χ4v) is 4.56. The Kier molecular flexibility index (Phi) is 5.00. The number of hydrogen-bond donors (Lipinski definition) is 2. The molecule has 138 valence electrons. The zero-order valence-corrected chi connectivity index (χ0v) is 15.6. The number of amides is 1. The number of aromatic hydroxyl groups is 1. The summed E-state index contributed by atoms with van der Waals surface area (Å²) in [5.74, 6) is -0.967. The number of phenols is 1. The van der Waals surface area contributed by atoms with Gasteiger partial charge in [0.2, 0.25) is 5.91 Å². The number of nitrogens with zero attached hydrogens (tertiary/aromatic N) is 1. The number of rotatable bonds is 5. The zero-order valence-electron chi connectivity index (χ0n) is 14.8. The highest BCUT2D eigenvalue weighted by molar-refractivity contribution is 8.01. The van der Waals surface area contributed by atoms with E-state index < -0.39 is 11.2 Å². The van der Waals surface area contributed by atoms with E-state index in [1.807, 2.05) is 26.8 Å². The fraction of sp³-hybridized carbons (Fsp3) is 0.368. The van der Waals surface area contributed by atoms with Crippen LogP contribution >= 0.6 is 11.8 Å². The highest BCUT2D eigenvalue weighted by atomic mass is 32.2. The van der Waals surface area contributed by atoms with Crippen LogP contribution in [0.4, 0.5) is 5.69 Å². The Bertz CT molecular complexity index is 831. The maximum absolute atomic E-state index is 13.0. The minimum atomic E-state index is -1.01. The summed E-state index contributed by atoms with van der Waals surface area (Å²) in [6, 6.07) is 5.25. The number of carboxylic acids is 1. The third-order valence-corrected chi connectivity index (χ3v) is 5.89. The molecular weight excluding hydrogens is 354 g/mol. The van der Waals surface area contributed by atoms with Crippen molar-refractivity contribution in [3.8, 4) is 5.75 Å². The molecule has 0 saturated carbocycles. The van der Waals surface area contributed by atoms with E-state index in [1.54, 1.807) is 23.3 Å². The van der Waals surface area contributed by atoms with Crippen LogP contribution in [0.25, 0.3) is 0 Å². The van der Waals surface area contributed by atoms with Gasteiger partial charge < -0.3 is 14.6 Å².